The first-order valence-corrected chi connectivity index (χ1v) is 15.7. The van der Waals surface area contributed by atoms with Crippen molar-refractivity contribution in [3.05, 3.63) is 30.6 Å². The zero-order valence-corrected chi connectivity index (χ0v) is 23.4. The van der Waals surface area contributed by atoms with E-state index >= 15 is 0 Å². The van der Waals surface area contributed by atoms with Gasteiger partial charge in [-0.25, -0.2) is 4.57 Å². The molecule has 0 radical (unpaired) electrons. The van der Waals surface area contributed by atoms with Crippen LogP contribution in [-0.2, 0) is 24.9 Å². The van der Waals surface area contributed by atoms with Crippen molar-refractivity contribution in [3.8, 4) is 0 Å². The number of rotatable bonds is 23. The van der Waals surface area contributed by atoms with Gasteiger partial charge >= 0.3 is 8.60 Å². The summed E-state index contributed by atoms with van der Waals surface area (Å²) in [5, 5.41) is 0. The molecule has 6 heteroatoms. The summed E-state index contributed by atoms with van der Waals surface area (Å²) in [5.41, 5.74) is 0. The van der Waals surface area contributed by atoms with Gasteiger partial charge < -0.3 is 18.3 Å². The Morgan fingerprint density at radius 2 is 1.31 bits per heavy atom. The Labute approximate surface area is 217 Å². The van der Waals surface area contributed by atoms with Gasteiger partial charge in [0.2, 0.25) is 0 Å². The fourth-order valence-corrected chi connectivity index (χ4v) is 5.51. The van der Waals surface area contributed by atoms with E-state index in [2.05, 4.69) is 11.5 Å². The van der Waals surface area contributed by atoms with Crippen molar-refractivity contribution in [2.24, 2.45) is 0 Å². The number of ether oxygens (including phenoxy) is 1. The molecule has 5 nitrogen and oxygen atoms in total. The SMILES string of the molecule is CCCCCCCCCCCCCCCCCCOC[C@@H]1CCOP(OCC[n+]2ccccc2)O1. The van der Waals surface area contributed by atoms with Gasteiger partial charge in [-0.3, -0.25) is 0 Å². The zero-order chi connectivity index (χ0) is 24.7. The van der Waals surface area contributed by atoms with E-state index in [-0.39, 0.29) is 6.10 Å². The lowest BCUT2D eigenvalue weighted by molar-refractivity contribution is -0.697. The molecule has 0 amide bonds. The van der Waals surface area contributed by atoms with Crippen LogP contribution in [0, 0.1) is 0 Å². The molecule has 2 heterocycles. The molecule has 0 spiro atoms. The van der Waals surface area contributed by atoms with Gasteiger partial charge in [0.05, 0.1) is 19.3 Å². The molecule has 1 aliphatic rings. The van der Waals surface area contributed by atoms with Crippen LogP contribution in [0.4, 0.5) is 0 Å². The van der Waals surface area contributed by atoms with E-state index in [1.165, 1.54) is 96.3 Å². The van der Waals surface area contributed by atoms with E-state index in [1.807, 2.05) is 30.6 Å². The lowest BCUT2D eigenvalue weighted by Crippen LogP contribution is -2.34. The van der Waals surface area contributed by atoms with Gasteiger partial charge in [0, 0.05) is 25.2 Å². The molecule has 1 saturated heterocycles. The molecule has 2 atom stereocenters. The zero-order valence-electron chi connectivity index (χ0n) is 22.5. The number of pyridine rings is 1. The summed E-state index contributed by atoms with van der Waals surface area (Å²) in [5.74, 6) is 0. The molecular weight excluding hydrogens is 457 g/mol. The molecule has 1 aliphatic heterocycles. The van der Waals surface area contributed by atoms with Crippen molar-refractivity contribution in [2.45, 2.75) is 129 Å². The Balaban J connectivity index is 1.30. The van der Waals surface area contributed by atoms with Crippen LogP contribution in [-0.4, -0.2) is 32.5 Å². The fraction of sp³-hybridized carbons (Fsp3) is 0.828. The van der Waals surface area contributed by atoms with Gasteiger partial charge in [-0.15, -0.1) is 0 Å². The topological polar surface area (TPSA) is 40.8 Å². The van der Waals surface area contributed by atoms with E-state index in [1.54, 1.807) is 0 Å². The van der Waals surface area contributed by atoms with Crippen molar-refractivity contribution in [3.63, 3.8) is 0 Å². The minimum atomic E-state index is -1.25. The molecule has 35 heavy (non-hydrogen) atoms. The van der Waals surface area contributed by atoms with Crippen LogP contribution in [0.3, 0.4) is 0 Å². The Bertz CT molecular complexity index is 577. The standard InChI is InChI=1S/C29H53NO4P/c1-2-3-4-5-6-7-8-9-10-11-12-13-14-15-16-20-25-31-28-29-21-26-32-35(34-29)33-27-24-30-22-18-17-19-23-30/h17-19,22-23,29H,2-16,20-21,24-28H2,1H3/q+1/t29-,35?/m0/s1. The molecule has 1 aromatic rings. The Morgan fingerprint density at radius 3 is 1.91 bits per heavy atom. The van der Waals surface area contributed by atoms with Crippen molar-refractivity contribution in [2.75, 3.05) is 26.4 Å². The first-order valence-electron chi connectivity index (χ1n) is 14.6. The molecule has 202 valence electrons. The normalized spacial score (nSPS) is 18.2. The lowest BCUT2D eigenvalue weighted by Gasteiger charge is -2.27. The predicted octanol–water partition coefficient (Wildman–Crippen LogP) is 8.30. The van der Waals surface area contributed by atoms with Gasteiger partial charge in [0.1, 0.15) is 6.61 Å². The highest BCUT2D eigenvalue weighted by molar-refractivity contribution is 7.41. The van der Waals surface area contributed by atoms with Gasteiger partial charge in [-0.2, -0.15) is 0 Å². The van der Waals surface area contributed by atoms with Crippen LogP contribution in [0.5, 0.6) is 0 Å². The molecule has 0 aromatic carbocycles. The number of hydrogen-bond acceptors (Lipinski definition) is 4. The third-order valence-corrected chi connectivity index (χ3v) is 7.90. The summed E-state index contributed by atoms with van der Waals surface area (Å²) in [6.45, 7) is 5.86. The third kappa shape index (κ3) is 17.5. The Morgan fingerprint density at radius 1 is 0.743 bits per heavy atom. The average molecular weight is 511 g/mol. The number of nitrogens with zero attached hydrogens (tertiary/aromatic N) is 1. The summed E-state index contributed by atoms with van der Waals surface area (Å²) in [7, 11) is -1.25. The van der Waals surface area contributed by atoms with Crippen LogP contribution in [0.25, 0.3) is 0 Å². The first-order chi connectivity index (χ1) is 17.4. The number of hydrogen-bond donors (Lipinski definition) is 0. The van der Waals surface area contributed by atoms with Gasteiger partial charge in [0.15, 0.2) is 18.9 Å². The van der Waals surface area contributed by atoms with E-state index in [0.29, 0.717) is 19.8 Å². The molecule has 0 saturated carbocycles. The van der Waals surface area contributed by atoms with Gasteiger partial charge in [-0.05, 0) is 6.42 Å². The summed E-state index contributed by atoms with van der Waals surface area (Å²) < 4.78 is 25.4. The molecule has 2 rings (SSSR count). The van der Waals surface area contributed by atoms with E-state index < -0.39 is 8.60 Å². The van der Waals surface area contributed by atoms with Crippen molar-refractivity contribution < 1.29 is 22.9 Å². The molecule has 0 bridgehead atoms. The maximum absolute atomic E-state index is 5.94. The third-order valence-electron chi connectivity index (χ3n) is 6.64. The van der Waals surface area contributed by atoms with Crippen molar-refractivity contribution in [1.82, 2.24) is 0 Å². The van der Waals surface area contributed by atoms with E-state index in [0.717, 1.165) is 26.0 Å². The number of aromatic nitrogens is 1. The minimum Gasteiger partial charge on any atom is -0.379 e. The molecule has 1 aromatic heterocycles. The summed E-state index contributed by atoms with van der Waals surface area (Å²) in [4.78, 5) is 0. The van der Waals surface area contributed by atoms with E-state index in [9.17, 15) is 0 Å². The van der Waals surface area contributed by atoms with Gasteiger partial charge in [-0.1, -0.05) is 109 Å². The summed E-state index contributed by atoms with van der Waals surface area (Å²) in [6.07, 6.45) is 27.4. The molecule has 0 N–H and O–H groups in total. The molecule has 1 fully saturated rings. The predicted molar refractivity (Wildman–Crippen MR) is 145 cm³/mol. The second-order valence-electron chi connectivity index (χ2n) is 9.90. The monoisotopic (exact) mass is 510 g/mol. The van der Waals surface area contributed by atoms with Crippen LogP contribution >= 0.6 is 8.60 Å². The fourth-order valence-electron chi connectivity index (χ4n) is 4.42. The highest BCUT2D eigenvalue weighted by Crippen LogP contribution is 2.44. The highest BCUT2D eigenvalue weighted by Gasteiger charge is 2.25. The van der Waals surface area contributed by atoms with Crippen LogP contribution in [0.2, 0.25) is 0 Å². The van der Waals surface area contributed by atoms with Crippen molar-refractivity contribution >= 4 is 8.60 Å². The minimum absolute atomic E-state index is 0.0975. The quantitative estimate of drug-likeness (QED) is 0.0843. The maximum Gasteiger partial charge on any atom is 0.333 e. The van der Waals surface area contributed by atoms with Crippen LogP contribution in [0.15, 0.2) is 30.6 Å². The van der Waals surface area contributed by atoms with E-state index in [4.69, 9.17) is 18.3 Å². The maximum atomic E-state index is 5.94. The first kappa shape index (κ1) is 30.6. The highest BCUT2D eigenvalue weighted by atomic mass is 31.2. The van der Waals surface area contributed by atoms with Crippen LogP contribution < -0.4 is 4.57 Å². The molecule has 0 aliphatic carbocycles. The smallest absolute Gasteiger partial charge is 0.333 e. The average Bonchev–Trinajstić information content (AvgIpc) is 2.89. The summed E-state index contributed by atoms with van der Waals surface area (Å²) >= 11 is 0. The van der Waals surface area contributed by atoms with Crippen molar-refractivity contribution in [1.29, 1.82) is 0 Å². The summed E-state index contributed by atoms with van der Waals surface area (Å²) in [6, 6.07) is 6.05. The lowest BCUT2D eigenvalue weighted by atomic mass is 10.0. The van der Waals surface area contributed by atoms with Crippen LogP contribution in [0.1, 0.15) is 116 Å². The second kappa shape index (κ2) is 22.6. The van der Waals surface area contributed by atoms with Gasteiger partial charge in [0.25, 0.3) is 0 Å². The Hall–Kier alpha value is -0.580. The Kier molecular flexibility index (Phi) is 19.8. The number of unbranched alkanes of at least 4 members (excludes halogenated alkanes) is 15. The second-order valence-corrected chi connectivity index (χ2v) is 11.1. The molecular formula is C29H53NO4P+. The molecule has 1 unspecified atom stereocenters. The largest absolute Gasteiger partial charge is 0.379 e.